The maximum Gasteiger partial charge on any atom is 0.225 e. The second-order valence-electron chi connectivity index (χ2n) is 7.13. The summed E-state index contributed by atoms with van der Waals surface area (Å²) >= 11 is 0. The Labute approximate surface area is 166 Å². The van der Waals surface area contributed by atoms with Crippen molar-refractivity contribution in [3.63, 3.8) is 0 Å². The van der Waals surface area contributed by atoms with Crippen molar-refractivity contribution in [2.45, 2.75) is 19.9 Å². The Morgan fingerprint density at radius 3 is 2.21 bits per heavy atom. The molecule has 0 amide bonds. The molecule has 1 fully saturated rings. The summed E-state index contributed by atoms with van der Waals surface area (Å²) in [6.07, 6.45) is 1.85. The SMILES string of the molecule is Cc1cc(N2CCN(c3ccccn3)CC2)nc(NC(C)c2ccccc2)n1. The van der Waals surface area contributed by atoms with Crippen molar-refractivity contribution >= 4 is 17.6 Å². The number of anilines is 3. The van der Waals surface area contributed by atoms with E-state index >= 15 is 0 Å². The van der Waals surface area contributed by atoms with Crippen molar-refractivity contribution in [1.29, 1.82) is 0 Å². The topological polar surface area (TPSA) is 57.2 Å². The number of aryl methyl sites for hydroxylation is 1. The molecule has 144 valence electrons. The summed E-state index contributed by atoms with van der Waals surface area (Å²) in [6, 6.07) is 18.6. The molecule has 0 bridgehead atoms. The van der Waals surface area contributed by atoms with Crippen molar-refractivity contribution in [3.8, 4) is 0 Å². The smallest absolute Gasteiger partial charge is 0.225 e. The zero-order valence-electron chi connectivity index (χ0n) is 16.4. The molecule has 3 heterocycles. The fourth-order valence-electron chi connectivity index (χ4n) is 3.50. The zero-order chi connectivity index (χ0) is 19.3. The van der Waals surface area contributed by atoms with Crippen LogP contribution in [-0.4, -0.2) is 41.1 Å². The van der Waals surface area contributed by atoms with Gasteiger partial charge in [-0.3, -0.25) is 0 Å². The predicted molar refractivity (Wildman–Crippen MR) is 114 cm³/mol. The van der Waals surface area contributed by atoms with Gasteiger partial charge in [0.1, 0.15) is 11.6 Å². The highest BCUT2D eigenvalue weighted by atomic mass is 15.3. The molecular weight excluding hydrogens is 348 g/mol. The van der Waals surface area contributed by atoms with E-state index in [9.17, 15) is 0 Å². The lowest BCUT2D eigenvalue weighted by Crippen LogP contribution is -2.47. The van der Waals surface area contributed by atoms with Crippen LogP contribution in [0.1, 0.15) is 24.2 Å². The van der Waals surface area contributed by atoms with Gasteiger partial charge in [-0.1, -0.05) is 36.4 Å². The summed E-state index contributed by atoms with van der Waals surface area (Å²) < 4.78 is 0. The third-order valence-electron chi connectivity index (χ3n) is 5.06. The van der Waals surface area contributed by atoms with Crippen molar-refractivity contribution in [2.24, 2.45) is 0 Å². The lowest BCUT2D eigenvalue weighted by molar-refractivity contribution is 0.640. The molecule has 1 atom stereocenters. The minimum Gasteiger partial charge on any atom is -0.353 e. The molecule has 6 nitrogen and oxygen atoms in total. The van der Waals surface area contributed by atoms with Gasteiger partial charge in [-0.2, -0.15) is 4.98 Å². The van der Waals surface area contributed by atoms with Crippen LogP contribution in [0.2, 0.25) is 0 Å². The molecule has 3 aromatic rings. The Kier molecular flexibility index (Phi) is 5.37. The molecule has 0 saturated carbocycles. The number of nitrogens with one attached hydrogen (secondary N) is 1. The van der Waals surface area contributed by atoms with E-state index in [4.69, 9.17) is 4.98 Å². The molecule has 1 saturated heterocycles. The van der Waals surface area contributed by atoms with E-state index in [0.717, 1.165) is 43.5 Å². The molecule has 2 aromatic heterocycles. The molecule has 1 N–H and O–H groups in total. The quantitative estimate of drug-likeness (QED) is 0.735. The molecular formula is C22H26N6. The van der Waals surface area contributed by atoms with Gasteiger partial charge in [0.2, 0.25) is 5.95 Å². The Bertz CT molecular complexity index is 891. The summed E-state index contributed by atoms with van der Waals surface area (Å²) in [5, 5.41) is 3.44. The van der Waals surface area contributed by atoms with Gasteiger partial charge in [0, 0.05) is 44.1 Å². The molecule has 1 aromatic carbocycles. The Morgan fingerprint density at radius 1 is 0.857 bits per heavy atom. The summed E-state index contributed by atoms with van der Waals surface area (Å²) in [7, 11) is 0. The summed E-state index contributed by atoms with van der Waals surface area (Å²) in [5.74, 6) is 2.70. The fraction of sp³-hybridized carbons (Fsp3) is 0.318. The van der Waals surface area contributed by atoms with E-state index in [1.54, 1.807) is 0 Å². The molecule has 6 heteroatoms. The van der Waals surface area contributed by atoms with E-state index in [1.165, 1.54) is 5.56 Å². The summed E-state index contributed by atoms with van der Waals surface area (Å²) in [5.41, 5.74) is 2.19. The molecule has 28 heavy (non-hydrogen) atoms. The standard InChI is InChI=1S/C22H26N6/c1-17-16-21(26-22(24-17)25-18(2)19-8-4-3-5-9-19)28-14-12-27(13-15-28)20-10-6-7-11-23-20/h3-11,16,18H,12-15H2,1-2H3,(H,24,25,26). The highest BCUT2D eigenvalue weighted by Gasteiger charge is 2.20. The minimum atomic E-state index is 0.150. The Morgan fingerprint density at radius 2 is 1.54 bits per heavy atom. The lowest BCUT2D eigenvalue weighted by Gasteiger charge is -2.36. The van der Waals surface area contributed by atoms with Crippen molar-refractivity contribution < 1.29 is 0 Å². The summed E-state index contributed by atoms with van der Waals surface area (Å²) in [6.45, 7) is 7.86. The first kappa shape index (κ1) is 18.2. The Balaban J connectivity index is 1.44. The molecule has 0 aliphatic carbocycles. The highest BCUT2D eigenvalue weighted by molar-refractivity contribution is 5.48. The molecule has 4 rings (SSSR count). The van der Waals surface area contributed by atoms with Gasteiger partial charge in [0.25, 0.3) is 0 Å². The van der Waals surface area contributed by atoms with Gasteiger partial charge in [-0.25, -0.2) is 9.97 Å². The van der Waals surface area contributed by atoms with E-state index in [0.29, 0.717) is 5.95 Å². The van der Waals surface area contributed by atoms with E-state index in [1.807, 2.05) is 31.3 Å². The number of hydrogen-bond donors (Lipinski definition) is 1. The number of hydrogen-bond acceptors (Lipinski definition) is 6. The van der Waals surface area contributed by atoms with Gasteiger partial charge in [0.15, 0.2) is 0 Å². The van der Waals surface area contributed by atoms with Crippen molar-refractivity contribution in [2.75, 3.05) is 41.3 Å². The fourth-order valence-corrected chi connectivity index (χ4v) is 3.50. The molecule has 1 aliphatic heterocycles. The van der Waals surface area contributed by atoms with E-state index in [-0.39, 0.29) is 6.04 Å². The van der Waals surface area contributed by atoms with Crippen molar-refractivity contribution in [3.05, 3.63) is 72.1 Å². The second kappa shape index (κ2) is 8.25. The van der Waals surface area contributed by atoms with Crippen LogP contribution < -0.4 is 15.1 Å². The van der Waals surface area contributed by atoms with Crippen LogP contribution in [0, 0.1) is 6.92 Å². The summed E-state index contributed by atoms with van der Waals surface area (Å²) in [4.78, 5) is 18.5. The third kappa shape index (κ3) is 4.22. The average molecular weight is 374 g/mol. The van der Waals surface area contributed by atoms with Gasteiger partial charge >= 0.3 is 0 Å². The second-order valence-corrected chi connectivity index (χ2v) is 7.13. The normalized spacial score (nSPS) is 15.4. The molecule has 0 radical (unpaired) electrons. The highest BCUT2D eigenvalue weighted by Crippen LogP contribution is 2.22. The number of nitrogens with zero attached hydrogens (tertiary/aromatic N) is 5. The Hall–Kier alpha value is -3.15. The lowest BCUT2D eigenvalue weighted by atomic mass is 10.1. The van der Waals surface area contributed by atoms with Crippen LogP contribution in [0.15, 0.2) is 60.8 Å². The number of aromatic nitrogens is 3. The zero-order valence-corrected chi connectivity index (χ0v) is 16.4. The molecule has 1 unspecified atom stereocenters. The minimum absolute atomic E-state index is 0.150. The largest absolute Gasteiger partial charge is 0.353 e. The number of benzene rings is 1. The molecule has 0 spiro atoms. The number of rotatable bonds is 5. The van der Waals surface area contributed by atoms with Crippen LogP contribution in [0.3, 0.4) is 0 Å². The number of pyridine rings is 1. The maximum absolute atomic E-state index is 4.79. The monoisotopic (exact) mass is 374 g/mol. The van der Waals surface area contributed by atoms with Gasteiger partial charge < -0.3 is 15.1 Å². The molecule has 1 aliphatic rings. The number of piperazine rings is 1. The third-order valence-corrected chi connectivity index (χ3v) is 5.06. The van der Waals surface area contributed by atoms with E-state index < -0.39 is 0 Å². The van der Waals surface area contributed by atoms with Gasteiger partial charge in [0.05, 0.1) is 6.04 Å². The maximum atomic E-state index is 4.79. The van der Waals surface area contributed by atoms with E-state index in [2.05, 4.69) is 68.4 Å². The van der Waals surface area contributed by atoms with Crippen LogP contribution in [0.4, 0.5) is 17.6 Å². The first-order chi connectivity index (χ1) is 13.7. The first-order valence-corrected chi connectivity index (χ1v) is 9.77. The van der Waals surface area contributed by atoms with Crippen LogP contribution in [0.25, 0.3) is 0 Å². The van der Waals surface area contributed by atoms with Crippen molar-refractivity contribution in [1.82, 2.24) is 15.0 Å². The van der Waals surface area contributed by atoms with Crippen LogP contribution >= 0.6 is 0 Å². The average Bonchev–Trinajstić information content (AvgIpc) is 2.75. The van der Waals surface area contributed by atoms with Gasteiger partial charge in [-0.15, -0.1) is 0 Å². The predicted octanol–water partition coefficient (Wildman–Crippen LogP) is 3.68. The van der Waals surface area contributed by atoms with Gasteiger partial charge in [-0.05, 0) is 31.5 Å². The van der Waals surface area contributed by atoms with Crippen LogP contribution in [0.5, 0.6) is 0 Å². The first-order valence-electron chi connectivity index (χ1n) is 9.77. The van der Waals surface area contributed by atoms with Crippen LogP contribution in [-0.2, 0) is 0 Å².